The summed E-state index contributed by atoms with van der Waals surface area (Å²) in [4.78, 5) is 35.7. The molecule has 0 saturated carbocycles. The summed E-state index contributed by atoms with van der Waals surface area (Å²) >= 11 is 1.24. The molecule has 1 atom stereocenters. The minimum atomic E-state index is -1.36. The molecule has 9 heteroatoms. The van der Waals surface area contributed by atoms with Crippen LogP contribution in [0.1, 0.15) is 46.5 Å². The maximum atomic E-state index is 13.2. The molecule has 0 spiro atoms. The summed E-state index contributed by atoms with van der Waals surface area (Å²) in [5.74, 6) is -2.06. The van der Waals surface area contributed by atoms with Crippen LogP contribution in [0.2, 0.25) is 0 Å². The number of hydrogen-bond donors (Lipinski definition) is 2. The first kappa shape index (κ1) is 32.9. The van der Waals surface area contributed by atoms with E-state index in [9.17, 15) is 14.7 Å². The third-order valence-electron chi connectivity index (χ3n) is 7.94. The summed E-state index contributed by atoms with van der Waals surface area (Å²) in [5, 5.41) is 19.7. The molecule has 0 aliphatic carbocycles. The van der Waals surface area contributed by atoms with E-state index in [1.807, 2.05) is 152 Å². The molecule has 2 N–H and O–H groups in total. The molecule has 0 aliphatic rings. The molecule has 6 rings (SSSR count). The van der Waals surface area contributed by atoms with Crippen LogP contribution in [0.3, 0.4) is 0 Å². The van der Waals surface area contributed by atoms with Crippen LogP contribution in [0.25, 0.3) is 0 Å². The van der Waals surface area contributed by atoms with Crippen LogP contribution >= 0.6 is 11.3 Å². The SMILES string of the molecule is C[C@@H](O/N=C(\C(=O)O)c1csc(NC(c2ccccc2)(c2ccccc2)c2ccccc2)n1)C(=O)OC(c1ccccc1)c1ccccc1. The van der Waals surface area contributed by atoms with Crippen LogP contribution in [0.5, 0.6) is 0 Å². The number of aromatic nitrogens is 1. The molecule has 5 aromatic carbocycles. The number of esters is 1. The Hall–Kier alpha value is -6.06. The molecule has 244 valence electrons. The molecule has 1 heterocycles. The van der Waals surface area contributed by atoms with E-state index in [2.05, 4.69) is 15.5 Å². The lowest BCUT2D eigenvalue weighted by Crippen LogP contribution is -2.38. The maximum absolute atomic E-state index is 13.2. The highest BCUT2D eigenvalue weighted by Crippen LogP contribution is 2.40. The predicted octanol–water partition coefficient (Wildman–Crippen LogP) is 8.07. The second-order valence-electron chi connectivity index (χ2n) is 11.1. The average Bonchev–Trinajstić information content (AvgIpc) is 3.62. The zero-order valence-corrected chi connectivity index (χ0v) is 27.4. The molecule has 6 aromatic rings. The zero-order valence-electron chi connectivity index (χ0n) is 26.5. The van der Waals surface area contributed by atoms with Gasteiger partial charge >= 0.3 is 11.9 Å². The van der Waals surface area contributed by atoms with Crippen molar-refractivity contribution in [2.24, 2.45) is 5.16 Å². The van der Waals surface area contributed by atoms with Crippen molar-refractivity contribution in [1.82, 2.24) is 4.98 Å². The normalized spacial score (nSPS) is 12.2. The van der Waals surface area contributed by atoms with Gasteiger partial charge in [0.05, 0.1) is 0 Å². The minimum Gasteiger partial charge on any atom is -0.476 e. The van der Waals surface area contributed by atoms with Crippen LogP contribution in [-0.2, 0) is 24.7 Å². The van der Waals surface area contributed by atoms with Crippen molar-refractivity contribution in [1.29, 1.82) is 0 Å². The first-order valence-corrected chi connectivity index (χ1v) is 16.5. The van der Waals surface area contributed by atoms with Crippen molar-refractivity contribution in [3.63, 3.8) is 0 Å². The molecule has 8 nitrogen and oxygen atoms in total. The van der Waals surface area contributed by atoms with E-state index in [0.717, 1.165) is 27.8 Å². The quantitative estimate of drug-likeness (QED) is 0.0555. The largest absolute Gasteiger partial charge is 0.476 e. The average molecular weight is 668 g/mol. The van der Waals surface area contributed by atoms with Gasteiger partial charge in [0, 0.05) is 5.38 Å². The lowest BCUT2D eigenvalue weighted by Gasteiger charge is -2.36. The Morgan fingerprint density at radius 2 is 1.14 bits per heavy atom. The predicted molar refractivity (Wildman–Crippen MR) is 190 cm³/mol. The number of nitrogens with zero attached hydrogens (tertiary/aromatic N) is 2. The fourth-order valence-electron chi connectivity index (χ4n) is 5.55. The Balaban J connectivity index is 1.27. The number of anilines is 1. The second-order valence-corrected chi connectivity index (χ2v) is 12.0. The lowest BCUT2D eigenvalue weighted by molar-refractivity contribution is -0.160. The maximum Gasteiger partial charge on any atom is 0.360 e. The molecule has 0 aliphatic heterocycles. The Labute approximate surface area is 288 Å². The van der Waals surface area contributed by atoms with Gasteiger partial charge in [-0.15, -0.1) is 11.3 Å². The van der Waals surface area contributed by atoms with Crippen LogP contribution in [-0.4, -0.2) is 33.8 Å². The van der Waals surface area contributed by atoms with Crippen LogP contribution < -0.4 is 5.32 Å². The highest BCUT2D eigenvalue weighted by atomic mass is 32.1. The summed E-state index contributed by atoms with van der Waals surface area (Å²) in [6.45, 7) is 1.46. The van der Waals surface area contributed by atoms with Gasteiger partial charge in [0.25, 0.3) is 0 Å². The molecule has 0 amide bonds. The van der Waals surface area contributed by atoms with Crippen molar-refractivity contribution < 1.29 is 24.3 Å². The second kappa shape index (κ2) is 15.2. The molecule has 1 aromatic heterocycles. The van der Waals surface area contributed by atoms with Crippen LogP contribution in [0.15, 0.2) is 162 Å². The number of carboxylic acids is 1. The number of thiazole rings is 1. The smallest absolute Gasteiger partial charge is 0.360 e. The van der Waals surface area contributed by atoms with E-state index in [0.29, 0.717) is 5.13 Å². The summed E-state index contributed by atoms with van der Waals surface area (Å²) in [6, 6.07) is 48.7. The number of oxime groups is 1. The van der Waals surface area contributed by atoms with Crippen molar-refractivity contribution >= 4 is 34.1 Å². The first-order chi connectivity index (χ1) is 24.0. The number of benzene rings is 5. The summed E-state index contributed by atoms with van der Waals surface area (Å²) in [7, 11) is 0. The van der Waals surface area contributed by atoms with E-state index in [-0.39, 0.29) is 5.69 Å². The third kappa shape index (κ3) is 7.42. The Morgan fingerprint density at radius 3 is 1.57 bits per heavy atom. The van der Waals surface area contributed by atoms with E-state index in [1.54, 1.807) is 5.38 Å². The van der Waals surface area contributed by atoms with Crippen LogP contribution in [0, 0.1) is 0 Å². The monoisotopic (exact) mass is 667 g/mol. The van der Waals surface area contributed by atoms with Gasteiger partial charge in [-0.05, 0) is 34.7 Å². The number of ether oxygens (including phenoxy) is 1. The van der Waals surface area contributed by atoms with E-state index < -0.39 is 35.4 Å². The Bertz CT molecular complexity index is 1870. The third-order valence-corrected chi connectivity index (χ3v) is 8.69. The fourth-order valence-corrected chi connectivity index (χ4v) is 6.30. The minimum absolute atomic E-state index is 0.0788. The van der Waals surface area contributed by atoms with E-state index >= 15 is 0 Å². The van der Waals surface area contributed by atoms with Crippen molar-refractivity contribution in [2.75, 3.05) is 5.32 Å². The molecule has 0 fully saturated rings. The summed E-state index contributed by atoms with van der Waals surface area (Å²) < 4.78 is 5.86. The molecular weight excluding hydrogens is 635 g/mol. The number of nitrogens with one attached hydrogen (secondary N) is 1. The van der Waals surface area contributed by atoms with Gasteiger partial charge in [-0.3, -0.25) is 0 Å². The highest BCUT2D eigenvalue weighted by Gasteiger charge is 2.37. The van der Waals surface area contributed by atoms with Crippen molar-refractivity contribution in [3.8, 4) is 0 Å². The summed E-state index contributed by atoms with van der Waals surface area (Å²) in [6.07, 6.45) is -1.89. The van der Waals surface area contributed by atoms with Gasteiger partial charge in [-0.25, -0.2) is 14.6 Å². The number of rotatable bonds is 13. The molecule has 0 saturated heterocycles. The molecule has 49 heavy (non-hydrogen) atoms. The topological polar surface area (TPSA) is 110 Å². The van der Waals surface area contributed by atoms with Crippen molar-refractivity contribution in [2.45, 2.75) is 24.7 Å². The van der Waals surface area contributed by atoms with Gasteiger partial charge in [0.1, 0.15) is 11.2 Å². The Kier molecular flexibility index (Phi) is 10.2. The number of aliphatic carboxylic acids is 1. The van der Waals surface area contributed by atoms with Gasteiger partial charge < -0.3 is 20.0 Å². The lowest BCUT2D eigenvalue weighted by atomic mass is 9.77. The van der Waals surface area contributed by atoms with Crippen LogP contribution in [0.4, 0.5) is 5.13 Å². The molecule has 0 bridgehead atoms. The van der Waals surface area contributed by atoms with Gasteiger partial charge in [0.15, 0.2) is 11.2 Å². The standard InChI is InChI=1S/C40H33N3O5S/c1-28(38(46)47-36(29-17-7-2-8-18-29)30-19-9-3-10-20-30)48-43-35(37(44)45)34-27-49-39(41-34)42-40(31-21-11-4-12-22-31,32-23-13-5-14-24-32)33-25-15-6-16-26-33/h2-28,36H,1H3,(H,41,42)(H,44,45)/b43-35-/t28-/m1/s1. The fraction of sp³-hybridized carbons (Fsp3) is 0.100. The zero-order chi connectivity index (χ0) is 34.1. The molecular formula is C40H33N3O5S. The number of carbonyl (C=O) groups is 2. The van der Waals surface area contributed by atoms with Gasteiger partial charge in [0.2, 0.25) is 11.8 Å². The molecule has 0 radical (unpaired) electrons. The molecule has 0 unspecified atom stereocenters. The van der Waals surface area contributed by atoms with E-state index in [4.69, 9.17) is 9.57 Å². The van der Waals surface area contributed by atoms with Crippen molar-refractivity contribution in [3.05, 3.63) is 191 Å². The summed E-state index contributed by atoms with van der Waals surface area (Å²) in [5.41, 5.74) is 3.24. The van der Waals surface area contributed by atoms with E-state index in [1.165, 1.54) is 18.3 Å². The highest BCUT2D eigenvalue weighted by molar-refractivity contribution is 7.14. The first-order valence-electron chi connectivity index (χ1n) is 15.6. The number of carbonyl (C=O) groups excluding carboxylic acids is 1. The Morgan fingerprint density at radius 1 is 0.714 bits per heavy atom. The number of hydrogen-bond acceptors (Lipinski definition) is 8. The van der Waals surface area contributed by atoms with Gasteiger partial charge in [-0.2, -0.15) is 0 Å². The van der Waals surface area contributed by atoms with Gasteiger partial charge in [-0.1, -0.05) is 157 Å². The number of carboxylic acid groups (broad SMARTS) is 1.